The summed E-state index contributed by atoms with van der Waals surface area (Å²) < 4.78 is 119. The maximum Gasteiger partial charge on any atom is 0.244 e. The van der Waals surface area contributed by atoms with Gasteiger partial charge in [0.25, 0.3) is 0 Å². The minimum Gasteiger partial charge on any atom is -0.353 e. The van der Waals surface area contributed by atoms with Crippen molar-refractivity contribution >= 4 is 93.8 Å². The fourth-order valence-electron chi connectivity index (χ4n) is 15.3. The number of likely N-dealkylation sites (N-methyl/N-ethyl adjacent to an activating group) is 1. The number of carbonyl (C=O) groups is 4. The van der Waals surface area contributed by atoms with Crippen LogP contribution in [0.15, 0.2) is 171 Å². The first kappa shape index (κ1) is 83.3. The van der Waals surface area contributed by atoms with Gasteiger partial charge in [-0.3, -0.25) is 19.2 Å². The van der Waals surface area contributed by atoms with E-state index in [9.17, 15) is 54.3 Å². The van der Waals surface area contributed by atoms with Gasteiger partial charge in [-0.05, 0) is 227 Å². The Kier molecular flexibility index (Phi) is 25.5. The molecule has 1 aliphatic carbocycles. The van der Waals surface area contributed by atoms with E-state index in [1.54, 1.807) is 91.9 Å². The van der Waals surface area contributed by atoms with Crippen LogP contribution in [0.3, 0.4) is 0 Å². The van der Waals surface area contributed by atoms with E-state index >= 15 is 0 Å². The van der Waals surface area contributed by atoms with E-state index in [0.29, 0.717) is 136 Å². The molecular weight excluding hydrogens is 1550 g/mol. The Labute approximate surface area is 686 Å². The largest absolute Gasteiger partial charge is 0.353 e. The van der Waals surface area contributed by atoms with Crippen LogP contribution >= 0.6 is 0 Å². The molecule has 32 heteroatoms. The van der Waals surface area contributed by atoms with Crippen molar-refractivity contribution in [2.45, 2.75) is 148 Å². The molecule has 4 aliphatic heterocycles. The van der Waals surface area contributed by atoms with Gasteiger partial charge in [-0.25, -0.2) is 73.1 Å². The number of carbonyl (C=O) groups excluding carboxylic acids is 4. The highest BCUT2D eigenvalue weighted by atomic mass is 19.2. The van der Waals surface area contributed by atoms with Crippen LogP contribution in [0.5, 0.6) is 0 Å². The molecule has 0 bridgehead atoms. The van der Waals surface area contributed by atoms with Crippen molar-refractivity contribution in [2.24, 2.45) is 0 Å². The lowest BCUT2D eigenvalue weighted by Crippen LogP contribution is -2.39. The summed E-state index contributed by atoms with van der Waals surface area (Å²) in [6, 6.07) is 20.7. The van der Waals surface area contributed by atoms with E-state index in [0.717, 1.165) is 81.2 Å². The molecule has 622 valence electrons. The highest BCUT2D eigenvalue weighted by molar-refractivity contribution is 5.95. The van der Waals surface area contributed by atoms with Gasteiger partial charge in [-0.2, -0.15) is 20.4 Å². The summed E-state index contributed by atoms with van der Waals surface area (Å²) in [4.78, 5) is 74.5. The van der Waals surface area contributed by atoms with Gasteiger partial charge in [0, 0.05) is 144 Å². The number of halogens is 8. The predicted octanol–water partition coefficient (Wildman–Crippen LogP) is 15.3. The molecule has 4 aromatic carbocycles. The quantitative estimate of drug-likeness (QED) is 0.0434. The first-order chi connectivity index (χ1) is 57.8. The number of benzene rings is 4. The molecule has 4 saturated heterocycles. The number of nitrogens with one attached hydrogen (secondary N) is 4. The average Bonchev–Trinajstić information content (AvgIpc) is 1.63. The number of nitrogens with zero attached hydrogens (tertiary/aromatic N) is 16. The van der Waals surface area contributed by atoms with E-state index in [1.165, 1.54) is 72.8 Å². The molecule has 1 saturated carbocycles. The normalized spacial score (nSPS) is 17.5. The summed E-state index contributed by atoms with van der Waals surface area (Å²) in [7, 11) is 0. The molecule has 5 fully saturated rings. The second kappa shape index (κ2) is 36.8. The van der Waals surface area contributed by atoms with Crippen LogP contribution in [-0.4, -0.2) is 132 Å². The lowest BCUT2D eigenvalue weighted by molar-refractivity contribution is -0.118. The second-order valence-corrected chi connectivity index (χ2v) is 31.1. The SMILES string of the molecule is CC(C)(C)NC(=O)/C=C/c1cnn2ccc(N3CCCC3c3cc(F)ccc3F)nc12.CC(C)NC(=O)/C=C/c1cnn2ccc(N3CCCC3c3cc(F)ccc3F)nc12.CCNC(=O)/C=C/c1cnn2ccc(N3CCCC3c3cc(F)ccc3F)nc12.O=C(/C=C/c1cnn2ccc(N3CCCC3c3cc(F)ccc3F)nc12)NC1CC1. The minimum absolute atomic E-state index is 0.0473. The Morgan fingerprint density at radius 3 is 0.983 bits per heavy atom. The molecule has 120 heavy (non-hydrogen) atoms. The van der Waals surface area contributed by atoms with E-state index in [1.807, 2.05) is 85.4 Å². The molecule has 4 N–H and O–H groups in total. The maximum absolute atomic E-state index is 14.4. The first-order valence-electron chi connectivity index (χ1n) is 40.0. The zero-order chi connectivity index (χ0) is 84.5. The number of amides is 4. The summed E-state index contributed by atoms with van der Waals surface area (Å²) >= 11 is 0. The molecule has 4 amide bonds. The van der Waals surface area contributed by atoms with Gasteiger partial charge in [-0.1, -0.05) is 0 Å². The first-order valence-corrected chi connectivity index (χ1v) is 40.0. The Bertz CT molecular complexity index is 5720. The van der Waals surface area contributed by atoms with Crippen molar-refractivity contribution in [3.63, 3.8) is 0 Å². The van der Waals surface area contributed by atoms with Crippen molar-refractivity contribution in [2.75, 3.05) is 52.3 Å². The van der Waals surface area contributed by atoms with Crippen molar-refractivity contribution < 1.29 is 54.3 Å². The molecule has 5 aliphatic rings. The number of hydrogen-bond acceptors (Lipinski definition) is 16. The third-order valence-electron chi connectivity index (χ3n) is 20.8. The number of rotatable bonds is 19. The molecule has 4 unspecified atom stereocenters. The number of anilines is 4. The Balaban J connectivity index is 0.000000131. The summed E-state index contributed by atoms with van der Waals surface area (Å²) in [5.41, 5.74) is 6.22. The monoisotopic (exact) mass is 1640 g/mol. The number of hydrogen-bond donors (Lipinski definition) is 4. The second-order valence-electron chi connectivity index (χ2n) is 31.1. The van der Waals surface area contributed by atoms with Gasteiger partial charge < -0.3 is 40.9 Å². The Hall–Kier alpha value is -13.2. The van der Waals surface area contributed by atoms with Gasteiger partial charge in [0.05, 0.1) is 49.0 Å². The third kappa shape index (κ3) is 20.0. The summed E-state index contributed by atoms with van der Waals surface area (Å²) in [6.07, 6.45) is 34.6. The molecule has 8 aromatic heterocycles. The lowest BCUT2D eigenvalue weighted by Gasteiger charge is -2.26. The summed E-state index contributed by atoms with van der Waals surface area (Å²) in [5.74, 6) is -1.54. The van der Waals surface area contributed by atoms with E-state index in [4.69, 9.17) is 19.9 Å². The van der Waals surface area contributed by atoms with Gasteiger partial charge in [-0.15, -0.1) is 0 Å². The average molecular weight is 1640 g/mol. The molecule has 0 radical (unpaired) electrons. The highest BCUT2D eigenvalue weighted by Gasteiger charge is 2.35. The Morgan fingerprint density at radius 2 is 0.700 bits per heavy atom. The summed E-state index contributed by atoms with van der Waals surface area (Å²) in [6.45, 7) is 14.7. The van der Waals surface area contributed by atoms with Crippen LogP contribution in [0.25, 0.3) is 46.9 Å². The van der Waals surface area contributed by atoms with Crippen LogP contribution in [0.1, 0.15) is 174 Å². The topological polar surface area (TPSA) is 250 Å². The molecule has 0 spiro atoms. The molecular formula is C88H90F8N20O4. The third-order valence-corrected chi connectivity index (χ3v) is 20.8. The van der Waals surface area contributed by atoms with Gasteiger partial charge >= 0.3 is 0 Å². The fraction of sp³-hybridized carbons (Fsp3) is 0.318. The molecule has 12 heterocycles. The van der Waals surface area contributed by atoms with E-state index in [-0.39, 0.29) is 59.4 Å². The van der Waals surface area contributed by atoms with Crippen molar-refractivity contribution in [1.82, 2.24) is 79.7 Å². The highest BCUT2D eigenvalue weighted by Crippen LogP contribution is 2.42. The molecule has 12 aromatic rings. The van der Waals surface area contributed by atoms with Crippen LogP contribution in [0.4, 0.5) is 58.4 Å². The predicted molar refractivity (Wildman–Crippen MR) is 442 cm³/mol. The molecule has 4 atom stereocenters. The minimum atomic E-state index is -0.455. The maximum atomic E-state index is 14.4. The smallest absolute Gasteiger partial charge is 0.244 e. The van der Waals surface area contributed by atoms with Crippen molar-refractivity contribution in [3.8, 4) is 0 Å². The number of aromatic nitrogens is 12. The molecule has 24 nitrogen and oxygen atoms in total. The summed E-state index contributed by atoms with van der Waals surface area (Å²) in [5, 5.41) is 28.4. The van der Waals surface area contributed by atoms with Gasteiger partial charge in [0.2, 0.25) is 23.6 Å². The van der Waals surface area contributed by atoms with Crippen molar-refractivity contribution in [1.29, 1.82) is 0 Å². The van der Waals surface area contributed by atoms with Crippen LogP contribution < -0.4 is 40.9 Å². The van der Waals surface area contributed by atoms with Gasteiger partial charge in [0.15, 0.2) is 22.6 Å². The van der Waals surface area contributed by atoms with Crippen LogP contribution in [-0.2, 0) is 19.2 Å². The van der Waals surface area contributed by atoms with Crippen LogP contribution in [0, 0.1) is 46.5 Å². The number of fused-ring (bicyclic) bond motifs is 4. The Morgan fingerprint density at radius 1 is 0.408 bits per heavy atom. The zero-order valence-electron chi connectivity index (χ0n) is 66.9. The van der Waals surface area contributed by atoms with E-state index in [2.05, 4.69) is 41.7 Å². The lowest BCUT2D eigenvalue weighted by atomic mass is 10.0. The molecule has 17 rings (SSSR count). The van der Waals surface area contributed by atoms with E-state index < -0.39 is 46.5 Å². The standard InChI is InChI=1S/C23H25F2N5O.C22H21F2N5O.C22H23F2N5O.C21H21F2N5O/c1-23(2,3)28-21(31)9-6-15-14-26-30-12-10-20(27-22(15)30)29-11-4-5-19(29)17-13-16(24)7-8-18(17)25;23-15-4-7-18(24)17(12-15)19-2-1-10-28(19)20-9-11-29-22(27-20)14(13-25-29)3-8-21(30)26-16-5-6-16;1-14(2)26-21(30)8-5-15-13-25-29-11-9-20(27-22(15)29)28-10-3-4-19(28)17-12-16(23)6-7-18(17)24;1-2-24-20(29)8-5-14-13-25-28-11-9-19(26-21(14)28)27-10-3-4-18(27)16-12-15(22)6-7-17(16)23/h6-10,12-14,19H,4-5,11H2,1-3H3,(H,28,31);3-4,7-9,11-13,16,19H,1-2,5-6,10H2,(H,26,30);5-9,11-14,19H,3-4,10H2,1-2H3,(H,26,30);5-9,11-13,18H,2-4,10H2,1H3,(H,24,29)/b9-6+;8-3+;2*8-5+. The fourth-order valence-corrected chi connectivity index (χ4v) is 15.3. The van der Waals surface area contributed by atoms with Crippen LogP contribution in [0.2, 0.25) is 0 Å². The zero-order valence-corrected chi connectivity index (χ0v) is 66.9. The van der Waals surface area contributed by atoms with Crippen molar-refractivity contribution in [3.05, 3.63) is 262 Å². The van der Waals surface area contributed by atoms with Gasteiger partial charge in [0.1, 0.15) is 69.8 Å².